The second kappa shape index (κ2) is 7.57. The van der Waals surface area contributed by atoms with Crippen LogP contribution in [-0.2, 0) is 9.53 Å². The van der Waals surface area contributed by atoms with Gasteiger partial charge in [-0.1, -0.05) is 53.2 Å². The van der Waals surface area contributed by atoms with Gasteiger partial charge >= 0.3 is 5.97 Å². The lowest BCUT2D eigenvalue weighted by Gasteiger charge is -2.63. The molecule has 0 aromatic carbocycles. The van der Waals surface area contributed by atoms with E-state index in [0.717, 1.165) is 51.4 Å². The Bertz CT molecular complexity index is 890. The Morgan fingerprint density at radius 1 is 1.03 bits per heavy atom. The molecule has 4 aliphatic carbocycles. The fourth-order valence-electron chi connectivity index (χ4n) is 10.4. The van der Waals surface area contributed by atoms with E-state index in [-0.39, 0.29) is 34.2 Å². The third-order valence-electron chi connectivity index (χ3n) is 12.0. The first-order chi connectivity index (χ1) is 15.7. The number of esters is 1. The molecular formula is C30H48O4. The van der Waals surface area contributed by atoms with Crippen LogP contribution in [0.4, 0.5) is 0 Å². The number of carbonyl (C=O) groups is 1. The minimum atomic E-state index is -0.575. The lowest BCUT2D eigenvalue weighted by Crippen LogP contribution is -2.59. The van der Waals surface area contributed by atoms with Crippen molar-refractivity contribution < 1.29 is 19.7 Å². The van der Waals surface area contributed by atoms with Crippen molar-refractivity contribution >= 4 is 5.97 Å². The molecule has 0 bridgehead atoms. The molecule has 0 radical (unpaired) electrons. The third-order valence-corrected chi connectivity index (χ3v) is 12.0. The first-order valence-electron chi connectivity index (χ1n) is 14.0. The zero-order valence-electron chi connectivity index (χ0n) is 22.6. The van der Waals surface area contributed by atoms with E-state index in [4.69, 9.17) is 4.74 Å². The molecule has 0 aromatic heterocycles. The van der Waals surface area contributed by atoms with E-state index in [1.807, 2.05) is 0 Å². The number of cyclic esters (lactones) is 1. The maximum atomic E-state index is 13.9. The lowest BCUT2D eigenvalue weighted by molar-refractivity contribution is -0.163. The van der Waals surface area contributed by atoms with Crippen LogP contribution >= 0.6 is 0 Å². The summed E-state index contributed by atoms with van der Waals surface area (Å²) in [5, 5.41) is 21.6. The van der Waals surface area contributed by atoms with Gasteiger partial charge in [0.15, 0.2) is 0 Å². The van der Waals surface area contributed by atoms with Gasteiger partial charge in [0, 0.05) is 17.8 Å². The van der Waals surface area contributed by atoms with E-state index < -0.39 is 17.1 Å². The van der Waals surface area contributed by atoms with Gasteiger partial charge < -0.3 is 14.9 Å². The van der Waals surface area contributed by atoms with Gasteiger partial charge in [0.1, 0.15) is 5.60 Å². The van der Waals surface area contributed by atoms with Gasteiger partial charge in [-0.05, 0) is 86.9 Å². The Morgan fingerprint density at radius 2 is 1.74 bits per heavy atom. The van der Waals surface area contributed by atoms with Crippen molar-refractivity contribution in [2.75, 3.05) is 0 Å². The van der Waals surface area contributed by atoms with Gasteiger partial charge in [-0.2, -0.15) is 0 Å². The van der Waals surface area contributed by atoms with E-state index in [9.17, 15) is 15.0 Å². The summed E-state index contributed by atoms with van der Waals surface area (Å²) in [6, 6.07) is 0. The second-order valence-electron chi connectivity index (χ2n) is 14.5. The molecule has 3 saturated carbocycles. The van der Waals surface area contributed by atoms with Crippen molar-refractivity contribution in [3.8, 4) is 0 Å². The molecule has 34 heavy (non-hydrogen) atoms. The van der Waals surface area contributed by atoms with Gasteiger partial charge in [-0.25, -0.2) is 0 Å². The SMILES string of the molecule is CC(C)CC(O)CC1(C)OC(=O)C23CCC4C(=CCC5C(C)(C)C(O)CCC45C)C2(C)CCC13. The monoisotopic (exact) mass is 472 g/mol. The average Bonchev–Trinajstić information content (AvgIpc) is 3.15. The molecule has 0 aromatic rings. The average molecular weight is 473 g/mol. The number of carbonyl (C=O) groups excluding carboxylic acids is 1. The van der Waals surface area contributed by atoms with Gasteiger partial charge in [0.05, 0.1) is 17.6 Å². The van der Waals surface area contributed by atoms with Crippen LogP contribution in [0.1, 0.15) is 106 Å². The van der Waals surface area contributed by atoms with Crippen LogP contribution in [0.25, 0.3) is 0 Å². The van der Waals surface area contributed by atoms with E-state index in [1.165, 1.54) is 5.57 Å². The molecular weight excluding hydrogens is 424 g/mol. The van der Waals surface area contributed by atoms with Crippen molar-refractivity contribution in [2.45, 2.75) is 124 Å². The van der Waals surface area contributed by atoms with Crippen molar-refractivity contribution in [3.05, 3.63) is 11.6 Å². The number of aliphatic hydroxyl groups excluding tert-OH is 2. The molecule has 5 aliphatic rings. The lowest BCUT2D eigenvalue weighted by atomic mass is 9.41. The van der Waals surface area contributed by atoms with E-state index in [2.05, 4.69) is 54.5 Å². The Morgan fingerprint density at radius 3 is 2.41 bits per heavy atom. The zero-order chi connectivity index (χ0) is 24.9. The van der Waals surface area contributed by atoms with Crippen molar-refractivity contribution in [1.29, 1.82) is 0 Å². The van der Waals surface area contributed by atoms with Crippen LogP contribution in [0.3, 0.4) is 0 Å². The highest BCUT2D eigenvalue weighted by molar-refractivity contribution is 5.83. The maximum absolute atomic E-state index is 13.9. The molecule has 1 spiro atoms. The molecule has 4 nitrogen and oxygen atoms in total. The van der Waals surface area contributed by atoms with E-state index >= 15 is 0 Å². The third kappa shape index (κ3) is 3.00. The van der Waals surface area contributed by atoms with Crippen LogP contribution in [-0.4, -0.2) is 34.0 Å². The minimum Gasteiger partial charge on any atom is -0.458 e. The molecule has 9 atom stereocenters. The Balaban J connectivity index is 1.51. The van der Waals surface area contributed by atoms with Crippen molar-refractivity contribution in [2.24, 2.45) is 45.3 Å². The fourth-order valence-corrected chi connectivity index (χ4v) is 10.4. The molecule has 1 aliphatic heterocycles. The minimum absolute atomic E-state index is 0.00256. The van der Waals surface area contributed by atoms with Gasteiger partial charge in [-0.15, -0.1) is 0 Å². The van der Waals surface area contributed by atoms with E-state index in [1.54, 1.807) is 0 Å². The summed E-state index contributed by atoms with van der Waals surface area (Å²) < 4.78 is 6.29. The summed E-state index contributed by atoms with van der Waals surface area (Å²) in [6.07, 6.45) is 10.1. The largest absolute Gasteiger partial charge is 0.458 e. The molecule has 9 unspecified atom stereocenters. The summed E-state index contributed by atoms with van der Waals surface area (Å²) in [5.74, 6) is 1.56. The first-order valence-corrected chi connectivity index (χ1v) is 14.0. The van der Waals surface area contributed by atoms with Gasteiger partial charge in [0.25, 0.3) is 0 Å². The Kier molecular flexibility index (Phi) is 5.52. The highest BCUT2D eigenvalue weighted by Crippen LogP contribution is 2.76. The number of fused-ring (bicyclic) bond motifs is 4. The molecule has 2 N–H and O–H groups in total. The number of hydrogen-bond acceptors (Lipinski definition) is 4. The Labute approximate surface area is 206 Å². The number of allylic oxidation sites excluding steroid dienone is 2. The van der Waals surface area contributed by atoms with Crippen LogP contribution in [0, 0.1) is 45.3 Å². The standard InChI is InChI=1S/C30H48O4/c1-18(2)16-19(31)17-29(7)23-11-14-28(6)21-8-9-22-26(3,4)24(32)12-13-27(22,5)20(21)10-15-30(23,28)25(33)34-29/h8,18-20,22-24,31-32H,9-17H2,1-7H3. The zero-order valence-corrected chi connectivity index (χ0v) is 22.6. The summed E-state index contributed by atoms with van der Waals surface area (Å²) in [5.41, 5.74) is 0.432. The fraction of sp³-hybridized carbons (Fsp3) is 0.900. The van der Waals surface area contributed by atoms with Crippen molar-refractivity contribution in [1.82, 2.24) is 0 Å². The highest BCUT2D eigenvalue weighted by atomic mass is 16.6. The van der Waals surface area contributed by atoms with Crippen LogP contribution in [0.15, 0.2) is 11.6 Å². The van der Waals surface area contributed by atoms with E-state index in [0.29, 0.717) is 24.2 Å². The molecule has 5 rings (SSSR count). The van der Waals surface area contributed by atoms with Crippen LogP contribution < -0.4 is 0 Å². The summed E-state index contributed by atoms with van der Waals surface area (Å²) in [6.45, 7) is 15.7. The molecule has 4 heteroatoms. The van der Waals surface area contributed by atoms with Crippen LogP contribution in [0.5, 0.6) is 0 Å². The topological polar surface area (TPSA) is 66.8 Å². The van der Waals surface area contributed by atoms with Crippen molar-refractivity contribution in [3.63, 3.8) is 0 Å². The number of ether oxygens (including phenoxy) is 1. The molecule has 4 fully saturated rings. The molecule has 0 amide bonds. The second-order valence-corrected chi connectivity index (χ2v) is 14.5. The molecule has 1 saturated heterocycles. The summed E-state index contributed by atoms with van der Waals surface area (Å²) >= 11 is 0. The highest BCUT2D eigenvalue weighted by Gasteiger charge is 2.76. The predicted octanol–water partition coefficient (Wildman–Crippen LogP) is 6.05. The summed E-state index contributed by atoms with van der Waals surface area (Å²) in [4.78, 5) is 13.9. The maximum Gasteiger partial charge on any atom is 0.313 e. The number of hydrogen-bond donors (Lipinski definition) is 2. The number of rotatable bonds is 4. The number of aliphatic hydroxyl groups is 2. The molecule has 192 valence electrons. The van der Waals surface area contributed by atoms with Gasteiger partial charge in [-0.3, -0.25) is 4.79 Å². The van der Waals surface area contributed by atoms with Crippen LogP contribution in [0.2, 0.25) is 0 Å². The molecule has 1 heterocycles. The summed E-state index contributed by atoms with van der Waals surface area (Å²) in [7, 11) is 0. The normalized spacial score (nSPS) is 50.1. The van der Waals surface area contributed by atoms with Gasteiger partial charge in [0.2, 0.25) is 0 Å². The predicted molar refractivity (Wildman–Crippen MR) is 134 cm³/mol. The quantitative estimate of drug-likeness (QED) is 0.386. The first kappa shape index (κ1) is 24.8. The Hall–Kier alpha value is -0.870. The smallest absolute Gasteiger partial charge is 0.313 e.